The van der Waals surface area contributed by atoms with Gasteiger partial charge in [-0.05, 0) is 89.4 Å². The topological polar surface area (TPSA) is 418 Å². The zero-order chi connectivity index (χ0) is 61.3. The fraction of sp³-hybridized carbons (Fsp3) is 0.479. The lowest BCUT2D eigenvalue weighted by molar-refractivity contribution is -0.438. The number of aromatic nitrogens is 4. The van der Waals surface area contributed by atoms with E-state index in [-0.39, 0.29) is 58.1 Å². The number of aromatic amines is 1. The van der Waals surface area contributed by atoms with E-state index in [1.165, 1.54) is 56.7 Å². The number of amides is 1. The lowest BCUT2D eigenvalue weighted by Gasteiger charge is -2.25. The minimum absolute atomic E-state index is 0.0115. The summed E-state index contributed by atoms with van der Waals surface area (Å²) < 4.78 is 135. The largest absolute Gasteiger partial charge is 0.744 e. The van der Waals surface area contributed by atoms with Crippen LogP contribution in [0.25, 0.3) is 11.2 Å². The molecule has 0 aliphatic carbocycles. The van der Waals surface area contributed by atoms with E-state index in [1.54, 1.807) is 12.1 Å². The highest BCUT2D eigenvalue weighted by Crippen LogP contribution is 2.66. The molecular formula is C48H64N8O20P3S4-. The second kappa shape index (κ2) is 25.5. The molecule has 0 bridgehead atoms. The van der Waals surface area contributed by atoms with Gasteiger partial charge in [-0.3, -0.25) is 23.7 Å². The third-order valence-electron chi connectivity index (χ3n) is 13.7. The molecule has 4 aromatic rings. The average Bonchev–Trinajstić information content (AvgIpc) is 1.84. The molecule has 5 heterocycles. The number of hydrogen-bond acceptors (Lipinski definition) is 22. The van der Waals surface area contributed by atoms with Gasteiger partial charge in [0.25, 0.3) is 5.56 Å². The summed E-state index contributed by atoms with van der Waals surface area (Å²) in [6, 6.07) is 8.75. The Kier molecular flexibility index (Phi) is 20.3. The normalized spacial score (nSPS) is 21.1. The van der Waals surface area contributed by atoms with Crippen molar-refractivity contribution in [2.45, 2.75) is 124 Å². The number of benzene rings is 2. The van der Waals surface area contributed by atoms with Crippen LogP contribution in [0.1, 0.15) is 97.9 Å². The molecule has 0 radical (unpaired) electrons. The summed E-state index contributed by atoms with van der Waals surface area (Å²) in [4.78, 5) is 75.0. The van der Waals surface area contributed by atoms with Crippen LogP contribution in [0.15, 0.2) is 93.4 Å². The standard InChI is InChI=1S/C48H65N8O20P3S4/c1-8-54-34-20-18-30(82(66,67)68)23-32(34)47(4,5)38(54)15-11-9-12-16-39-48(6,7)33-24-31(83(69,70)71)19-21-35(33)55(39)22-14-10-13-17-40(57)50-27-46(2,3)81-80-29-72-36-25-41(56-28-51-42-43(56)52-45(49)53-44(42)58)74-37(36)26-73-78(62,63)76-79(64,65)75-77(59,60)61/h9,11-12,15-16,18-21,23-24,28,36-37,41H,8,10,13-14,17,22,25-27,29H2,1-7H3,(H9-,49,50,52,53,57,58,59,60,61,62,63,64,65,66,67,68,69,70,71)/p-1/t36-,37-,41-/m1/s1. The number of nitrogens with zero attached hydrogens (tertiary/aromatic N) is 5. The maximum Gasteiger partial charge on any atom is 0.490 e. The fourth-order valence-electron chi connectivity index (χ4n) is 9.84. The number of imidazole rings is 1. The molecule has 8 N–H and O–H groups in total. The van der Waals surface area contributed by atoms with Gasteiger partial charge in [0.05, 0.1) is 34.2 Å². The molecule has 3 aliphatic rings. The molecule has 28 nitrogen and oxygen atoms in total. The second-order valence-electron chi connectivity index (χ2n) is 21.0. The Morgan fingerprint density at radius 3 is 2.30 bits per heavy atom. The molecule has 0 saturated carbocycles. The van der Waals surface area contributed by atoms with Gasteiger partial charge in [-0.1, -0.05) is 53.7 Å². The van der Waals surface area contributed by atoms with Crippen molar-refractivity contribution in [3.63, 3.8) is 0 Å². The molecule has 7 rings (SSSR count). The summed E-state index contributed by atoms with van der Waals surface area (Å²) in [6.45, 7) is 14.1. The van der Waals surface area contributed by atoms with E-state index in [4.69, 9.17) is 29.5 Å². The molecule has 2 unspecified atom stereocenters. The molecule has 35 heteroatoms. The lowest BCUT2D eigenvalue weighted by Crippen LogP contribution is -2.35. The number of rotatable bonds is 27. The molecule has 2 aromatic carbocycles. The van der Waals surface area contributed by atoms with Crippen LogP contribution in [0.4, 0.5) is 17.3 Å². The number of phosphoric ester groups is 1. The SMILES string of the molecule is CCN1/C(=C/C=C/C=C/C2=[N+](CCCCCC(=O)NCC(C)(C)SSCO[C@@H]3C[C@H](n4cnc5c(=O)[nH]c(N)nc54)O[C@@H]3COP(=O)(O)OP(=O)(O)OP(=O)(O)O)c3ccc(S(=O)(=O)[O-])cc3C2(C)C)C(C)(C)c2cc(S(=O)(=O)[O-])ccc21. The zero-order valence-corrected chi connectivity index (χ0v) is 51.8. The van der Waals surface area contributed by atoms with Gasteiger partial charge in [0, 0.05) is 71.6 Å². The number of fused-ring (bicyclic) bond motifs is 3. The molecule has 3 aliphatic heterocycles. The number of allylic oxidation sites excluding steroid dienone is 6. The number of likely N-dealkylation sites (N-methyl/N-ethyl adjacent to an activating group) is 1. The third-order valence-corrected chi connectivity index (χ3v) is 22.1. The highest BCUT2D eigenvalue weighted by Gasteiger charge is 2.46. The summed E-state index contributed by atoms with van der Waals surface area (Å²) >= 11 is 0. The van der Waals surface area contributed by atoms with Crippen molar-refractivity contribution in [2.24, 2.45) is 0 Å². The number of nitrogens with one attached hydrogen (secondary N) is 2. The second-order valence-corrected chi connectivity index (χ2v) is 31.1. The number of phosphoric acid groups is 3. The van der Waals surface area contributed by atoms with Gasteiger partial charge < -0.3 is 54.1 Å². The maximum atomic E-state index is 13.1. The predicted molar refractivity (Wildman–Crippen MR) is 305 cm³/mol. The number of unbranched alkanes of at least 4 members (excludes halogenated alkanes) is 2. The Hall–Kier alpha value is -4.40. The first kappa shape index (κ1) is 66.1. The minimum Gasteiger partial charge on any atom is -0.744 e. The predicted octanol–water partition coefficient (Wildman–Crippen LogP) is 6.21. The molecule has 5 atom stereocenters. The maximum absolute atomic E-state index is 13.1. The number of hydrogen-bond donors (Lipinski definition) is 7. The molecule has 2 aromatic heterocycles. The highest BCUT2D eigenvalue weighted by atomic mass is 33.1. The van der Waals surface area contributed by atoms with Crippen LogP contribution in [0, 0.1) is 0 Å². The summed E-state index contributed by atoms with van der Waals surface area (Å²) in [6.07, 6.45) is 9.69. The van der Waals surface area contributed by atoms with Crippen molar-refractivity contribution >= 4 is 105 Å². The van der Waals surface area contributed by atoms with Crippen LogP contribution in [0.3, 0.4) is 0 Å². The van der Waals surface area contributed by atoms with Gasteiger partial charge in [-0.2, -0.15) is 18.2 Å². The van der Waals surface area contributed by atoms with E-state index in [1.807, 2.05) is 78.8 Å². The Bertz CT molecular complexity index is 3710. The van der Waals surface area contributed by atoms with Gasteiger partial charge in [0.15, 0.2) is 16.9 Å². The van der Waals surface area contributed by atoms with Crippen LogP contribution in [0.2, 0.25) is 0 Å². The van der Waals surface area contributed by atoms with E-state index in [0.29, 0.717) is 43.5 Å². The first-order valence-corrected chi connectivity index (χ1v) is 35.1. The molecule has 1 fully saturated rings. The smallest absolute Gasteiger partial charge is 0.490 e. The van der Waals surface area contributed by atoms with Crippen molar-refractivity contribution in [3.05, 3.63) is 100 Å². The van der Waals surface area contributed by atoms with Crippen molar-refractivity contribution in [3.8, 4) is 0 Å². The zero-order valence-electron chi connectivity index (χ0n) is 45.8. The Labute approximate surface area is 486 Å². The van der Waals surface area contributed by atoms with Crippen molar-refractivity contribution in [2.75, 3.05) is 42.8 Å². The van der Waals surface area contributed by atoms with Crippen LogP contribution in [-0.2, 0) is 72.2 Å². The van der Waals surface area contributed by atoms with Crippen LogP contribution in [-0.4, -0.2) is 130 Å². The quantitative estimate of drug-likeness (QED) is 0.00663. The van der Waals surface area contributed by atoms with Gasteiger partial charge in [-0.25, -0.2) is 35.5 Å². The van der Waals surface area contributed by atoms with Gasteiger partial charge in [0.2, 0.25) is 17.5 Å². The van der Waals surface area contributed by atoms with E-state index in [9.17, 15) is 59.0 Å². The fourth-order valence-corrected chi connectivity index (χ4v) is 16.0. The number of carbonyl (C=O) groups is 1. The molecular weight excluding hydrogens is 1230 g/mol. The summed E-state index contributed by atoms with van der Waals surface area (Å²) in [7, 11) is -23.8. The Morgan fingerprint density at radius 2 is 1.64 bits per heavy atom. The molecule has 1 amide bonds. The average molecular weight is 1290 g/mol. The van der Waals surface area contributed by atoms with Gasteiger partial charge in [0.1, 0.15) is 45.1 Å². The van der Waals surface area contributed by atoms with Crippen LogP contribution in [0.5, 0.6) is 0 Å². The summed E-state index contributed by atoms with van der Waals surface area (Å²) in [5.74, 6) is -0.409. The van der Waals surface area contributed by atoms with E-state index < -0.39 is 89.9 Å². The summed E-state index contributed by atoms with van der Waals surface area (Å²) in [5, 5.41) is 2.97. The molecule has 0 spiro atoms. The summed E-state index contributed by atoms with van der Waals surface area (Å²) in [5.41, 5.74) is 8.41. The number of nitrogen functional groups attached to an aromatic ring is 1. The molecule has 83 heavy (non-hydrogen) atoms. The van der Waals surface area contributed by atoms with E-state index >= 15 is 0 Å². The Morgan fingerprint density at radius 1 is 0.964 bits per heavy atom. The number of anilines is 2. The number of ether oxygens (including phenoxy) is 2. The van der Waals surface area contributed by atoms with Crippen molar-refractivity contribution < 1.29 is 91.2 Å². The van der Waals surface area contributed by atoms with Crippen LogP contribution >= 0.6 is 45.1 Å². The van der Waals surface area contributed by atoms with Gasteiger partial charge >= 0.3 is 23.5 Å². The lowest BCUT2D eigenvalue weighted by atomic mass is 9.81. The van der Waals surface area contributed by atoms with Gasteiger partial charge in [-0.15, -0.1) is 0 Å². The van der Waals surface area contributed by atoms with Crippen LogP contribution < -0.4 is 21.5 Å². The van der Waals surface area contributed by atoms with E-state index in [2.05, 4.69) is 38.4 Å². The molecule has 456 valence electrons. The highest BCUT2D eigenvalue weighted by molar-refractivity contribution is 8.77. The van der Waals surface area contributed by atoms with Crippen molar-refractivity contribution in [1.29, 1.82) is 0 Å². The third kappa shape index (κ3) is 16.4. The Balaban J connectivity index is 0.928. The number of H-pyrrole nitrogens is 1. The van der Waals surface area contributed by atoms with Crippen molar-refractivity contribution in [1.82, 2.24) is 24.8 Å². The first-order valence-electron chi connectivity index (χ1n) is 25.5. The first-order chi connectivity index (χ1) is 38.4. The molecule has 1 saturated heterocycles. The van der Waals surface area contributed by atoms with E-state index in [0.717, 1.165) is 22.8 Å². The minimum atomic E-state index is -5.81. The monoisotopic (exact) mass is 1290 g/mol. The number of carbonyl (C=O) groups excluding carboxylic acids is 1. The number of nitrogens with two attached hydrogens (primary N) is 1.